The number of furan rings is 1. The predicted octanol–water partition coefficient (Wildman–Crippen LogP) is 5.88. The lowest BCUT2D eigenvalue weighted by Crippen LogP contribution is -2.39. The van der Waals surface area contributed by atoms with Gasteiger partial charge < -0.3 is 14.5 Å². The Balaban J connectivity index is 1.33. The fourth-order valence-corrected chi connectivity index (χ4v) is 4.43. The molecule has 0 saturated carbocycles. The molecule has 4 rings (SSSR count). The summed E-state index contributed by atoms with van der Waals surface area (Å²) in [4.78, 5) is 12.7. The number of nitrogens with zero attached hydrogens (tertiary/aromatic N) is 1. The minimum atomic E-state index is -4.39. The molecule has 1 fully saturated rings. The summed E-state index contributed by atoms with van der Waals surface area (Å²) in [6.45, 7) is 1.12. The lowest BCUT2D eigenvalue weighted by Gasteiger charge is -2.21. The lowest BCUT2D eigenvalue weighted by atomic mass is 10.2. The van der Waals surface area contributed by atoms with E-state index in [1.165, 1.54) is 24.1 Å². The molecular weight excluding hydrogens is 441 g/mol. The van der Waals surface area contributed by atoms with Gasteiger partial charge in [-0.15, -0.1) is 0 Å². The van der Waals surface area contributed by atoms with Crippen molar-refractivity contribution in [3.63, 3.8) is 0 Å². The zero-order valence-electron chi connectivity index (χ0n) is 17.0. The van der Waals surface area contributed by atoms with Crippen LogP contribution in [0.25, 0.3) is 0 Å². The van der Waals surface area contributed by atoms with Gasteiger partial charge in [0.2, 0.25) is 5.91 Å². The molecule has 1 aromatic heterocycles. The number of alkyl halides is 3. The summed E-state index contributed by atoms with van der Waals surface area (Å²) < 4.78 is 51.1. The van der Waals surface area contributed by atoms with Gasteiger partial charge in [0.15, 0.2) is 5.09 Å². The maximum absolute atomic E-state index is 12.7. The monoisotopic (exact) mass is 462 g/mol. The standard InChI is InChI=1S/C23H21F3N2O3S/c24-23(25,26)17-8-10-18(11-9-17)31-19-5-1-4-16(14-19)15-27-22(29)20-6-2-12-28(20)32-21-7-3-13-30-21/h1,3-5,7-11,13-14,20H,2,6,12,15H2,(H,27,29). The van der Waals surface area contributed by atoms with Crippen molar-refractivity contribution in [1.82, 2.24) is 9.62 Å². The summed E-state index contributed by atoms with van der Waals surface area (Å²) >= 11 is 1.44. The van der Waals surface area contributed by atoms with Gasteiger partial charge in [-0.2, -0.15) is 13.2 Å². The van der Waals surface area contributed by atoms with E-state index in [1.807, 2.05) is 22.5 Å². The molecule has 0 bridgehead atoms. The second kappa shape index (κ2) is 9.70. The van der Waals surface area contributed by atoms with Gasteiger partial charge in [0.25, 0.3) is 0 Å². The van der Waals surface area contributed by atoms with Crippen molar-refractivity contribution in [2.24, 2.45) is 0 Å². The topological polar surface area (TPSA) is 54.7 Å². The summed E-state index contributed by atoms with van der Waals surface area (Å²) in [5, 5.41) is 3.71. The quantitative estimate of drug-likeness (QED) is 0.445. The van der Waals surface area contributed by atoms with E-state index >= 15 is 0 Å². The average molecular weight is 462 g/mol. The Morgan fingerprint density at radius 3 is 2.66 bits per heavy atom. The molecule has 1 amide bonds. The van der Waals surface area contributed by atoms with Crippen LogP contribution in [0.4, 0.5) is 13.2 Å². The van der Waals surface area contributed by atoms with E-state index in [0.29, 0.717) is 18.0 Å². The fourth-order valence-electron chi connectivity index (χ4n) is 3.42. The minimum absolute atomic E-state index is 0.0596. The highest BCUT2D eigenvalue weighted by molar-refractivity contribution is 7.97. The van der Waals surface area contributed by atoms with Crippen LogP contribution in [0.2, 0.25) is 0 Å². The van der Waals surface area contributed by atoms with Crippen LogP contribution in [0.3, 0.4) is 0 Å². The first-order valence-electron chi connectivity index (χ1n) is 10.1. The molecule has 2 aromatic carbocycles. The van der Waals surface area contributed by atoms with E-state index in [-0.39, 0.29) is 11.9 Å². The highest BCUT2D eigenvalue weighted by Gasteiger charge is 2.32. The Morgan fingerprint density at radius 2 is 1.94 bits per heavy atom. The number of rotatable bonds is 7. The van der Waals surface area contributed by atoms with Gasteiger partial charge in [0.1, 0.15) is 11.5 Å². The van der Waals surface area contributed by atoms with E-state index in [2.05, 4.69) is 5.32 Å². The second-order valence-corrected chi connectivity index (χ2v) is 8.37. The molecular formula is C23H21F3N2O3S. The number of nitrogens with one attached hydrogen (secondary N) is 1. The molecule has 0 spiro atoms. The van der Waals surface area contributed by atoms with E-state index < -0.39 is 11.7 Å². The Bertz CT molecular complexity index is 1040. The van der Waals surface area contributed by atoms with Crippen LogP contribution >= 0.6 is 11.9 Å². The molecule has 1 aliphatic heterocycles. The van der Waals surface area contributed by atoms with Crippen molar-refractivity contribution in [1.29, 1.82) is 0 Å². The SMILES string of the molecule is O=C(NCc1cccc(Oc2ccc(C(F)(F)F)cc2)c1)C1CCCN1Sc1ccco1. The molecule has 1 N–H and O–H groups in total. The summed E-state index contributed by atoms with van der Waals surface area (Å²) in [7, 11) is 0. The first kappa shape index (κ1) is 22.3. The molecule has 1 aliphatic rings. The smallest absolute Gasteiger partial charge is 0.416 e. The molecule has 5 nitrogen and oxygen atoms in total. The largest absolute Gasteiger partial charge is 0.457 e. The molecule has 1 unspecified atom stereocenters. The molecule has 32 heavy (non-hydrogen) atoms. The van der Waals surface area contributed by atoms with E-state index in [9.17, 15) is 18.0 Å². The van der Waals surface area contributed by atoms with Crippen LogP contribution in [-0.4, -0.2) is 22.8 Å². The van der Waals surface area contributed by atoms with Gasteiger partial charge in [-0.25, -0.2) is 4.31 Å². The third kappa shape index (κ3) is 5.66. The number of carbonyl (C=O) groups is 1. The van der Waals surface area contributed by atoms with Crippen molar-refractivity contribution >= 4 is 17.9 Å². The third-order valence-electron chi connectivity index (χ3n) is 4.99. The maximum atomic E-state index is 12.7. The Labute approximate surface area is 187 Å². The third-order valence-corrected chi connectivity index (χ3v) is 6.07. The van der Waals surface area contributed by atoms with Crippen LogP contribution in [0.1, 0.15) is 24.0 Å². The van der Waals surface area contributed by atoms with Gasteiger partial charge in [-0.3, -0.25) is 4.79 Å². The molecule has 0 radical (unpaired) electrons. The number of hydrogen-bond acceptors (Lipinski definition) is 5. The minimum Gasteiger partial charge on any atom is -0.457 e. The Morgan fingerprint density at radius 1 is 1.12 bits per heavy atom. The number of carbonyl (C=O) groups excluding carboxylic acids is 1. The van der Waals surface area contributed by atoms with Gasteiger partial charge >= 0.3 is 6.18 Å². The predicted molar refractivity (Wildman–Crippen MR) is 114 cm³/mol. The Kier molecular flexibility index (Phi) is 6.76. The van der Waals surface area contributed by atoms with Crippen molar-refractivity contribution in [3.05, 3.63) is 78.1 Å². The summed E-state index contributed by atoms with van der Waals surface area (Å²) in [5.74, 6) is 0.721. The number of ether oxygens (including phenoxy) is 1. The molecule has 0 aliphatic carbocycles. The van der Waals surface area contributed by atoms with Crippen molar-refractivity contribution in [3.8, 4) is 11.5 Å². The normalized spacial score (nSPS) is 16.8. The molecule has 2 heterocycles. The van der Waals surface area contributed by atoms with Crippen LogP contribution in [0, 0.1) is 0 Å². The van der Waals surface area contributed by atoms with Crippen LogP contribution in [0.5, 0.6) is 11.5 Å². The average Bonchev–Trinajstić information content (AvgIpc) is 3.45. The number of halogens is 3. The van der Waals surface area contributed by atoms with Gasteiger partial charge in [-0.05, 0) is 78.9 Å². The Hall–Kier alpha value is -2.91. The van der Waals surface area contributed by atoms with Crippen molar-refractivity contribution in [2.75, 3.05) is 6.54 Å². The summed E-state index contributed by atoms with van der Waals surface area (Å²) in [5.41, 5.74) is 0.0958. The van der Waals surface area contributed by atoms with E-state index in [1.54, 1.807) is 24.5 Å². The zero-order valence-corrected chi connectivity index (χ0v) is 17.8. The summed E-state index contributed by atoms with van der Waals surface area (Å²) in [6.07, 6.45) is -1.08. The lowest BCUT2D eigenvalue weighted by molar-refractivity contribution is -0.137. The van der Waals surface area contributed by atoms with Crippen molar-refractivity contribution in [2.45, 2.75) is 36.7 Å². The molecule has 168 valence electrons. The molecule has 3 aromatic rings. The van der Waals surface area contributed by atoms with E-state index in [0.717, 1.165) is 42.2 Å². The fraction of sp³-hybridized carbons (Fsp3) is 0.261. The van der Waals surface area contributed by atoms with Crippen LogP contribution < -0.4 is 10.1 Å². The van der Waals surface area contributed by atoms with Gasteiger partial charge in [0.05, 0.1) is 17.9 Å². The van der Waals surface area contributed by atoms with Gasteiger partial charge in [-0.1, -0.05) is 12.1 Å². The summed E-state index contributed by atoms with van der Waals surface area (Å²) in [6, 6.07) is 15.0. The number of hydrogen-bond donors (Lipinski definition) is 1. The molecule has 1 saturated heterocycles. The van der Waals surface area contributed by atoms with Crippen LogP contribution in [-0.2, 0) is 17.5 Å². The second-order valence-electron chi connectivity index (χ2n) is 7.31. The zero-order chi connectivity index (χ0) is 22.6. The van der Waals surface area contributed by atoms with E-state index in [4.69, 9.17) is 9.15 Å². The first-order chi connectivity index (χ1) is 15.4. The molecule has 1 atom stereocenters. The highest BCUT2D eigenvalue weighted by atomic mass is 32.2. The maximum Gasteiger partial charge on any atom is 0.416 e. The number of benzene rings is 2. The van der Waals surface area contributed by atoms with Gasteiger partial charge in [0, 0.05) is 13.1 Å². The number of amides is 1. The van der Waals surface area contributed by atoms with Crippen molar-refractivity contribution < 1.29 is 27.1 Å². The highest BCUT2D eigenvalue weighted by Crippen LogP contribution is 2.32. The van der Waals surface area contributed by atoms with Crippen LogP contribution in [0.15, 0.2) is 76.4 Å². The molecule has 9 heteroatoms. The first-order valence-corrected chi connectivity index (χ1v) is 10.9.